The van der Waals surface area contributed by atoms with Gasteiger partial charge in [0, 0.05) is 25.6 Å². The first-order valence-corrected chi connectivity index (χ1v) is 7.98. The third-order valence-electron chi connectivity index (χ3n) is 4.01. The number of carbonyl (C=O) groups excluding carboxylic acids is 2. The van der Waals surface area contributed by atoms with E-state index in [0.29, 0.717) is 12.5 Å². The molecule has 2 amide bonds. The highest BCUT2D eigenvalue weighted by Crippen LogP contribution is 2.18. The number of piperidine rings is 1. The van der Waals surface area contributed by atoms with Gasteiger partial charge < -0.3 is 15.5 Å². The average molecular weight is 281 g/mol. The Morgan fingerprint density at radius 1 is 1.20 bits per heavy atom. The van der Waals surface area contributed by atoms with Crippen LogP contribution in [0.4, 0.5) is 0 Å². The summed E-state index contributed by atoms with van der Waals surface area (Å²) in [5.41, 5.74) is 0. The van der Waals surface area contributed by atoms with Crippen molar-refractivity contribution in [2.75, 3.05) is 19.6 Å². The molecule has 1 aliphatic heterocycles. The Bertz CT molecular complexity index is 336. The molecule has 0 aromatic heterocycles. The normalized spacial score (nSPS) is 20.6. The quantitative estimate of drug-likeness (QED) is 0.685. The Balaban J connectivity index is 1.55. The summed E-state index contributed by atoms with van der Waals surface area (Å²) in [6.07, 6.45) is 7.09. The maximum absolute atomic E-state index is 12.2. The van der Waals surface area contributed by atoms with Crippen LogP contribution < -0.4 is 10.6 Å². The topological polar surface area (TPSA) is 61.4 Å². The largest absolute Gasteiger partial charge is 0.353 e. The minimum absolute atomic E-state index is 0.139. The summed E-state index contributed by atoms with van der Waals surface area (Å²) >= 11 is 0. The second-order valence-corrected chi connectivity index (χ2v) is 6.01. The van der Waals surface area contributed by atoms with Crippen molar-refractivity contribution in [3.05, 3.63) is 0 Å². The molecule has 0 aromatic carbocycles. The van der Waals surface area contributed by atoms with Crippen LogP contribution in [0.25, 0.3) is 0 Å². The van der Waals surface area contributed by atoms with Gasteiger partial charge in [0.2, 0.25) is 11.8 Å². The molecular formula is C15H27N3O2. The van der Waals surface area contributed by atoms with Crippen molar-refractivity contribution in [3.8, 4) is 0 Å². The first-order valence-electron chi connectivity index (χ1n) is 7.98. The zero-order valence-corrected chi connectivity index (χ0v) is 12.5. The summed E-state index contributed by atoms with van der Waals surface area (Å²) < 4.78 is 0. The second kappa shape index (κ2) is 7.62. The van der Waals surface area contributed by atoms with E-state index in [1.165, 1.54) is 6.42 Å². The Labute approximate surface area is 121 Å². The SMILES string of the molecule is CC(NCCCC(=O)NC1CC1)C(=O)N1CCCCC1. The number of hydrogen-bond acceptors (Lipinski definition) is 3. The van der Waals surface area contributed by atoms with Crippen molar-refractivity contribution < 1.29 is 9.59 Å². The lowest BCUT2D eigenvalue weighted by molar-refractivity contribution is -0.133. The van der Waals surface area contributed by atoms with E-state index in [2.05, 4.69) is 10.6 Å². The maximum Gasteiger partial charge on any atom is 0.239 e. The highest BCUT2D eigenvalue weighted by Gasteiger charge is 2.23. The zero-order valence-electron chi connectivity index (χ0n) is 12.5. The van der Waals surface area contributed by atoms with Gasteiger partial charge in [0.05, 0.1) is 6.04 Å². The van der Waals surface area contributed by atoms with E-state index in [4.69, 9.17) is 0 Å². The molecule has 2 aliphatic rings. The molecule has 1 heterocycles. The standard InChI is InChI=1S/C15H27N3O2/c1-12(15(20)18-10-3-2-4-11-18)16-9-5-6-14(19)17-13-7-8-13/h12-13,16H,2-11H2,1H3,(H,17,19). The molecule has 1 aliphatic carbocycles. The van der Waals surface area contributed by atoms with Crippen LogP contribution >= 0.6 is 0 Å². The molecule has 1 saturated carbocycles. The second-order valence-electron chi connectivity index (χ2n) is 6.01. The van der Waals surface area contributed by atoms with Gasteiger partial charge in [-0.2, -0.15) is 0 Å². The molecule has 2 fully saturated rings. The summed E-state index contributed by atoms with van der Waals surface area (Å²) in [4.78, 5) is 25.6. The first kappa shape index (κ1) is 15.3. The van der Waals surface area contributed by atoms with E-state index in [1.807, 2.05) is 11.8 Å². The fourth-order valence-corrected chi connectivity index (χ4v) is 2.57. The van der Waals surface area contributed by atoms with Gasteiger partial charge in [-0.25, -0.2) is 0 Å². The predicted molar refractivity (Wildman–Crippen MR) is 78.3 cm³/mol. The molecule has 0 bridgehead atoms. The third kappa shape index (κ3) is 5.12. The first-order chi connectivity index (χ1) is 9.66. The third-order valence-corrected chi connectivity index (χ3v) is 4.01. The average Bonchev–Trinajstić information content (AvgIpc) is 3.27. The number of rotatable bonds is 7. The minimum atomic E-state index is -0.139. The lowest BCUT2D eigenvalue weighted by atomic mass is 10.1. The zero-order chi connectivity index (χ0) is 14.4. The van der Waals surface area contributed by atoms with E-state index >= 15 is 0 Å². The summed E-state index contributed by atoms with van der Waals surface area (Å²) in [6, 6.07) is 0.301. The van der Waals surface area contributed by atoms with Crippen molar-refractivity contribution in [1.29, 1.82) is 0 Å². The molecule has 2 rings (SSSR count). The molecule has 0 radical (unpaired) electrons. The molecule has 2 N–H and O–H groups in total. The molecule has 114 valence electrons. The maximum atomic E-state index is 12.2. The Kier molecular flexibility index (Phi) is 5.83. The highest BCUT2D eigenvalue weighted by atomic mass is 16.2. The molecule has 1 atom stereocenters. The minimum Gasteiger partial charge on any atom is -0.353 e. The molecule has 0 aromatic rings. The smallest absolute Gasteiger partial charge is 0.239 e. The van der Waals surface area contributed by atoms with Crippen LogP contribution in [0.5, 0.6) is 0 Å². The summed E-state index contributed by atoms with van der Waals surface area (Å²) in [7, 11) is 0. The van der Waals surface area contributed by atoms with Crippen LogP contribution in [0, 0.1) is 0 Å². The Morgan fingerprint density at radius 3 is 2.55 bits per heavy atom. The summed E-state index contributed by atoms with van der Waals surface area (Å²) in [6.45, 7) is 4.43. The van der Waals surface area contributed by atoms with Gasteiger partial charge in [0.25, 0.3) is 0 Å². The number of likely N-dealkylation sites (tertiary alicyclic amines) is 1. The number of nitrogens with one attached hydrogen (secondary N) is 2. The number of carbonyl (C=O) groups is 2. The fraction of sp³-hybridized carbons (Fsp3) is 0.867. The molecule has 5 nitrogen and oxygen atoms in total. The van der Waals surface area contributed by atoms with E-state index in [1.54, 1.807) is 0 Å². The molecule has 1 saturated heterocycles. The van der Waals surface area contributed by atoms with Gasteiger partial charge in [0.1, 0.15) is 0 Å². The van der Waals surface area contributed by atoms with E-state index < -0.39 is 0 Å². The molecule has 1 unspecified atom stereocenters. The van der Waals surface area contributed by atoms with Gasteiger partial charge in [-0.1, -0.05) is 0 Å². The van der Waals surface area contributed by atoms with Crippen molar-refractivity contribution in [2.45, 2.75) is 64.0 Å². The number of amides is 2. The monoisotopic (exact) mass is 281 g/mol. The van der Waals surface area contributed by atoms with Crippen LogP contribution in [-0.4, -0.2) is 48.4 Å². The number of nitrogens with zero attached hydrogens (tertiary/aromatic N) is 1. The van der Waals surface area contributed by atoms with Crippen LogP contribution in [0.15, 0.2) is 0 Å². The van der Waals surface area contributed by atoms with Crippen molar-refractivity contribution >= 4 is 11.8 Å². The van der Waals surface area contributed by atoms with E-state index in [9.17, 15) is 9.59 Å². The van der Waals surface area contributed by atoms with Crippen molar-refractivity contribution in [2.24, 2.45) is 0 Å². The van der Waals surface area contributed by atoms with Crippen molar-refractivity contribution in [1.82, 2.24) is 15.5 Å². The molecule has 5 heteroatoms. The summed E-state index contributed by atoms with van der Waals surface area (Å²) in [5, 5.41) is 6.21. The lowest BCUT2D eigenvalue weighted by Gasteiger charge is -2.29. The lowest BCUT2D eigenvalue weighted by Crippen LogP contribution is -2.47. The van der Waals surface area contributed by atoms with Crippen LogP contribution in [0.2, 0.25) is 0 Å². The molecule has 20 heavy (non-hydrogen) atoms. The van der Waals surface area contributed by atoms with Gasteiger partial charge in [-0.3, -0.25) is 9.59 Å². The Morgan fingerprint density at radius 2 is 1.90 bits per heavy atom. The van der Waals surface area contributed by atoms with Crippen LogP contribution in [0.1, 0.15) is 51.9 Å². The number of hydrogen-bond donors (Lipinski definition) is 2. The van der Waals surface area contributed by atoms with E-state index in [0.717, 1.165) is 51.7 Å². The Hall–Kier alpha value is -1.10. The highest BCUT2D eigenvalue weighted by molar-refractivity contribution is 5.81. The van der Waals surface area contributed by atoms with Crippen LogP contribution in [0.3, 0.4) is 0 Å². The van der Waals surface area contributed by atoms with E-state index in [-0.39, 0.29) is 17.9 Å². The predicted octanol–water partition coefficient (Wildman–Crippen LogP) is 1.04. The van der Waals surface area contributed by atoms with Gasteiger partial charge in [-0.15, -0.1) is 0 Å². The summed E-state index contributed by atoms with van der Waals surface area (Å²) in [5.74, 6) is 0.344. The van der Waals surface area contributed by atoms with Crippen LogP contribution in [-0.2, 0) is 9.59 Å². The van der Waals surface area contributed by atoms with Gasteiger partial charge in [-0.05, 0) is 52.0 Å². The fourth-order valence-electron chi connectivity index (χ4n) is 2.57. The molecule has 0 spiro atoms. The molecular weight excluding hydrogens is 254 g/mol. The van der Waals surface area contributed by atoms with Crippen molar-refractivity contribution in [3.63, 3.8) is 0 Å². The van der Waals surface area contributed by atoms with Gasteiger partial charge in [0.15, 0.2) is 0 Å². The van der Waals surface area contributed by atoms with Gasteiger partial charge >= 0.3 is 0 Å².